The number of carbonyl (C=O) groups excluding carboxylic acids is 1. The number of hydrogen-bond donors (Lipinski definition) is 0. The number of hydrogen-bond acceptors (Lipinski definition) is 2. The minimum atomic E-state index is 0.445. The smallest absolute Gasteiger partial charge is 0.149 e. The summed E-state index contributed by atoms with van der Waals surface area (Å²) in [5.41, 5.74) is 0. The van der Waals surface area contributed by atoms with Crippen LogP contribution in [0.4, 0.5) is 0 Å². The molecule has 1 heterocycles. The topological polar surface area (TPSA) is 20.3 Å². The molecule has 68 valence electrons. The van der Waals surface area contributed by atoms with Gasteiger partial charge in [-0.2, -0.15) is 0 Å². The molecule has 1 atom stereocenters. The molecule has 1 saturated carbocycles. The molecule has 0 radical (unpaired) electrons. The summed E-state index contributed by atoms with van der Waals surface area (Å²) >= 11 is 0. The Balaban J connectivity index is 1.75. The third kappa shape index (κ3) is 1.86. The molecule has 2 nitrogen and oxygen atoms in total. The van der Waals surface area contributed by atoms with Crippen LogP contribution in [-0.2, 0) is 4.79 Å². The van der Waals surface area contributed by atoms with Crippen molar-refractivity contribution in [3.63, 3.8) is 0 Å². The van der Waals surface area contributed by atoms with E-state index in [9.17, 15) is 4.79 Å². The van der Waals surface area contributed by atoms with E-state index in [-0.39, 0.29) is 0 Å². The molecule has 2 aliphatic rings. The van der Waals surface area contributed by atoms with Crippen molar-refractivity contribution in [1.82, 2.24) is 4.90 Å². The summed E-state index contributed by atoms with van der Waals surface area (Å²) in [4.78, 5) is 13.7. The van der Waals surface area contributed by atoms with E-state index in [1.165, 1.54) is 6.42 Å². The number of rotatable bonds is 3. The summed E-state index contributed by atoms with van der Waals surface area (Å²) in [5.74, 6) is 1.74. The Bertz CT molecular complexity index is 186. The second-order valence-corrected chi connectivity index (χ2v) is 4.37. The molecule has 2 fully saturated rings. The Kier molecular flexibility index (Phi) is 2.18. The van der Waals surface area contributed by atoms with E-state index in [2.05, 4.69) is 11.8 Å². The number of carbonyl (C=O) groups is 1. The second-order valence-electron chi connectivity index (χ2n) is 4.37. The van der Waals surface area contributed by atoms with Gasteiger partial charge in [0.1, 0.15) is 5.78 Å². The van der Waals surface area contributed by atoms with E-state index in [1.807, 2.05) is 0 Å². The van der Waals surface area contributed by atoms with E-state index < -0.39 is 0 Å². The van der Waals surface area contributed by atoms with Crippen LogP contribution in [-0.4, -0.2) is 30.3 Å². The molecule has 0 aromatic rings. The lowest BCUT2D eigenvalue weighted by molar-refractivity contribution is -0.121. The molecule has 1 aliphatic heterocycles. The lowest BCUT2D eigenvalue weighted by Crippen LogP contribution is -2.28. The van der Waals surface area contributed by atoms with Crippen molar-refractivity contribution in [2.24, 2.45) is 11.8 Å². The zero-order chi connectivity index (χ0) is 8.55. The molecule has 0 amide bonds. The predicted molar refractivity (Wildman–Crippen MR) is 48.0 cm³/mol. The van der Waals surface area contributed by atoms with Crippen molar-refractivity contribution in [3.05, 3.63) is 0 Å². The molecule has 0 bridgehead atoms. The summed E-state index contributed by atoms with van der Waals surface area (Å²) in [5, 5.41) is 0. The van der Waals surface area contributed by atoms with Gasteiger partial charge in [-0.3, -0.25) is 9.69 Å². The fourth-order valence-electron chi connectivity index (χ4n) is 1.92. The summed E-state index contributed by atoms with van der Waals surface area (Å²) in [7, 11) is 0. The first-order chi connectivity index (χ1) is 5.75. The Labute approximate surface area is 73.9 Å². The maximum Gasteiger partial charge on any atom is 0.149 e. The highest BCUT2D eigenvalue weighted by Gasteiger charge is 2.31. The Morgan fingerprint density at radius 3 is 2.67 bits per heavy atom. The predicted octanol–water partition coefficient (Wildman–Crippen LogP) is 1.31. The minimum Gasteiger partial charge on any atom is -0.298 e. The molecule has 12 heavy (non-hydrogen) atoms. The van der Waals surface area contributed by atoms with E-state index in [0.29, 0.717) is 11.7 Å². The van der Waals surface area contributed by atoms with Gasteiger partial charge in [-0.05, 0) is 31.7 Å². The summed E-state index contributed by atoms with van der Waals surface area (Å²) < 4.78 is 0. The van der Waals surface area contributed by atoms with E-state index in [4.69, 9.17) is 0 Å². The molecule has 0 N–H and O–H groups in total. The van der Waals surface area contributed by atoms with Crippen LogP contribution < -0.4 is 0 Å². The van der Waals surface area contributed by atoms with Crippen LogP contribution in [0.25, 0.3) is 0 Å². The quantitative estimate of drug-likeness (QED) is 0.631. The zero-order valence-corrected chi connectivity index (χ0v) is 7.75. The maximum atomic E-state index is 11.4. The second kappa shape index (κ2) is 3.17. The van der Waals surface area contributed by atoms with Gasteiger partial charge in [-0.1, -0.05) is 6.92 Å². The average molecular weight is 167 g/mol. The number of ketones is 1. The number of Topliss-reactive ketones (excluding diaryl/α,β-unsaturated/α-hetero) is 1. The third-order valence-electron chi connectivity index (χ3n) is 2.92. The Hall–Kier alpha value is -0.370. The van der Waals surface area contributed by atoms with Crippen molar-refractivity contribution in [3.8, 4) is 0 Å². The summed E-state index contributed by atoms with van der Waals surface area (Å²) in [6.45, 7) is 5.27. The van der Waals surface area contributed by atoms with E-state index in [1.54, 1.807) is 0 Å². The first-order valence-electron chi connectivity index (χ1n) is 5.01. The normalized spacial score (nSPS) is 30.9. The van der Waals surface area contributed by atoms with Gasteiger partial charge in [-0.25, -0.2) is 0 Å². The SMILES string of the molecule is CC1CCN(CC(=O)C2CC2)C1. The van der Waals surface area contributed by atoms with Crippen LogP contribution in [0.5, 0.6) is 0 Å². The molecule has 1 aliphatic carbocycles. The van der Waals surface area contributed by atoms with Gasteiger partial charge in [0.05, 0.1) is 6.54 Å². The van der Waals surface area contributed by atoms with Crippen molar-refractivity contribution in [2.75, 3.05) is 19.6 Å². The molecule has 2 heteroatoms. The average Bonchev–Trinajstić information content (AvgIpc) is 2.78. The first kappa shape index (κ1) is 8.24. The van der Waals surface area contributed by atoms with Gasteiger partial charge in [0.25, 0.3) is 0 Å². The lowest BCUT2D eigenvalue weighted by atomic mass is 10.2. The van der Waals surface area contributed by atoms with Crippen molar-refractivity contribution in [2.45, 2.75) is 26.2 Å². The molecule has 0 aromatic heterocycles. The van der Waals surface area contributed by atoms with Gasteiger partial charge in [0, 0.05) is 12.5 Å². The van der Waals surface area contributed by atoms with Crippen molar-refractivity contribution in [1.29, 1.82) is 0 Å². The van der Waals surface area contributed by atoms with Gasteiger partial charge in [0.2, 0.25) is 0 Å². The van der Waals surface area contributed by atoms with Gasteiger partial charge in [0.15, 0.2) is 0 Å². The summed E-state index contributed by atoms with van der Waals surface area (Å²) in [6, 6.07) is 0. The molecular formula is C10H17NO. The van der Waals surface area contributed by atoms with Crippen LogP contribution in [0.15, 0.2) is 0 Å². The fraction of sp³-hybridized carbons (Fsp3) is 0.900. The molecule has 2 rings (SSSR count). The van der Waals surface area contributed by atoms with Gasteiger partial charge >= 0.3 is 0 Å². The van der Waals surface area contributed by atoms with Crippen molar-refractivity contribution < 1.29 is 4.79 Å². The Morgan fingerprint density at radius 1 is 1.42 bits per heavy atom. The Morgan fingerprint density at radius 2 is 2.17 bits per heavy atom. The number of likely N-dealkylation sites (tertiary alicyclic amines) is 1. The van der Waals surface area contributed by atoms with Crippen LogP contribution in [0.1, 0.15) is 26.2 Å². The minimum absolute atomic E-state index is 0.445. The van der Waals surface area contributed by atoms with Gasteiger partial charge in [-0.15, -0.1) is 0 Å². The van der Waals surface area contributed by atoms with Gasteiger partial charge < -0.3 is 0 Å². The highest BCUT2D eigenvalue weighted by atomic mass is 16.1. The molecule has 1 saturated heterocycles. The van der Waals surface area contributed by atoms with Crippen LogP contribution >= 0.6 is 0 Å². The van der Waals surface area contributed by atoms with E-state index >= 15 is 0 Å². The summed E-state index contributed by atoms with van der Waals surface area (Å²) in [6.07, 6.45) is 3.59. The monoisotopic (exact) mass is 167 g/mol. The highest BCUT2D eigenvalue weighted by molar-refractivity contribution is 5.85. The zero-order valence-electron chi connectivity index (χ0n) is 7.75. The van der Waals surface area contributed by atoms with Crippen LogP contribution in [0.3, 0.4) is 0 Å². The maximum absolute atomic E-state index is 11.4. The lowest BCUT2D eigenvalue weighted by Gasteiger charge is -2.13. The van der Waals surface area contributed by atoms with Crippen LogP contribution in [0, 0.1) is 11.8 Å². The number of nitrogens with zero attached hydrogens (tertiary/aromatic N) is 1. The molecule has 0 spiro atoms. The largest absolute Gasteiger partial charge is 0.298 e. The molecule has 0 aromatic carbocycles. The third-order valence-corrected chi connectivity index (χ3v) is 2.92. The molecular weight excluding hydrogens is 150 g/mol. The van der Waals surface area contributed by atoms with E-state index in [0.717, 1.165) is 38.4 Å². The van der Waals surface area contributed by atoms with Crippen molar-refractivity contribution >= 4 is 5.78 Å². The fourth-order valence-corrected chi connectivity index (χ4v) is 1.92. The molecule has 1 unspecified atom stereocenters. The highest BCUT2D eigenvalue weighted by Crippen LogP contribution is 2.30. The van der Waals surface area contributed by atoms with Crippen LogP contribution in [0.2, 0.25) is 0 Å². The standard InChI is InChI=1S/C10H17NO/c1-8-4-5-11(6-8)7-10(12)9-2-3-9/h8-9H,2-7H2,1H3. The first-order valence-corrected chi connectivity index (χ1v) is 5.01.